The maximum atomic E-state index is 10.8. The van der Waals surface area contributed by atoms with Gasteiger partial charge in [-0.2, -0.15) is 5.10 Å². The molecule has 128 valence electrons. The summed E-state index contributed by atoms with van der Waals surface area (Å²) in [7, 11) is 0. The molecule has 0 saturated heterocycles. The van der Waals surface area contributed by atoms with Crippen molar-refractivity contribution in [3.05, 3.63) is 58.7 Å². The van der Waals surface area contributed by atoms with E-state index >= 15 is 0 Å². The zero-order chi connectivity index (χ0) is 17.8. The highest BCUT2D eigenvalue weighted by Gasteiger charge is 2.14. The van der Waals surface area contributed by atoms with E-state index in [1.165, 1.54) is 6.07 Å². The fraction of sp³-hybridized carbons (Fsp3) is 0.235. The average Bonchev–Trinajstić information content (AvgIpc) is 3.06. The maximum absolute atomic E-state index is 10.8. The van der Waals surface area contributed by atoms with Crippen LogP contribution < -0.4 is 4.74 Å². The highest BCUT2D eigenvalue weighted by atomic mass is 16.6. The van der Waals surface area contributed by atoms with E-state index in [9.17, 15) is 10.1 Å². The van der Waals surface area contributed by atoms with Crippen LogP contribution in [0.2, 0.25) is 0 Å². The maximum Gasteiger partial charge on any atom is 0.363 e. The number of hydrogen-bond donors (Lipinski definition) is 0. The topological polar surface area (TPSA) is 96.0 Å². The third-order valence-corrected chi connectivity index (χ3v) is 3.55. The molecule has 0 amide bonds. The average molecular weight is 339 g/mol. The molecular weight excluding hydrogens is 322 g/mol. The number of rotatable bonds is 6. The van der Waals surface area contributed by atoms with Crippen molar-refractivity contribution in [3.63, 3.8) is 0 Å². The number of hydrogen-bond acceptors (Lipinski definition) is 6. The zero-order valence-corrected chi connectivity index (χ0v) is 13.9. The Balaban J connectivity index is 1.83. The Morgan fingerprint density at radius 2 is 2.16 bits per heavy atom. The largest absolute Gasteiger partial charge is 0.453 e. The zero-order valence-electron chi connectivity index (χ0n) is 13.9. The lowest BCUT2D eigenvalue weighted by atomic mass is 10.2. The van der Waals surface area contributed by atoms with Crippen molar-refractivity contribution in [3.8, 4) is 22.8 Å². The van der Waals surface area contributed by atoms with Crippen molar-refractivity contribution >= 4 is 5.82 Å². The first-order chi connectivity index (χ1) is 12.1. The van der Waals surface area contributed by atoms with Gasteiger partial charge in [-0.25, -0.2) is 0 Å². The monoisotopic (exact) mass is 339 g/mol. The van der Waals surface area contributed by atoms with E-state index < -0.39 is 4.92 Å². The molecule has 0 aliphatic heterocycles. The standard InChI is InChI=1S/C17H17N5O3/c1-3-8-21-11-13(10-19-21)15-9-14(6-7-18-15)25-16-4-5-17(22(23)24)20-12(16)2/h4-7,9-11H,3,8H2,1-2H3. The van der Waals surface area contributed by atoms with Gasteiger partial charge in [0, 0.05) is 43.6 Å². The Bertz CT molecular complexity index is 907. The molecule has 0 spiro atoms. The van der Waals surface area contributed by atoms with Gasteiger partial charge in [-0.3, -0.25) is 9.67 Å². The minimum absolute atomic E-state index is 0.205. The molecule has 0 atom stereocenters. The summed E-state index contributed by atoms with van der Waals surface area (Å²) in [6.07, 6.45) is 6.36. The Labute approximate surface area is 144 Å². The van der Waals surface area contributed by atoms with Gasteiger partial charge >= 0.3 is 5.82 Å². The molecule has 0 radical (unpaired) electrons. The van der Waals surface area contributed by atoms with Gasteiger partial charge in [0.2, 0.25) is 0 Å². The molecule has 25 heavy (non-hydrogen) atoms. The van der Waals surface area contributed by atoms with Crippen LogP contribution in [0.4, 0.5) is 5.82 Å². The van der Waals surface area contributed by atoms with Crippen LogP contribution in [0.1, 0.15) is 19.0 Å². The van der Waals surface area contributed by atoms with E-state index in [0.29, 0.717) is 17.2 Å². The lowest BCUT2D eigenvalue weighted by molar-refractivity contribution is -0.389. The van der Waals surface area contributed by atoms with Gasteiger partial charge in [0.15, 0.2) is 11.4 Å². The lowest BCUT2D eigenvalue weighted by Gasteiger charge is -2.07. The van der Waals surface area contributed by atoms with Gasteiger partial charge < -0.3 is 14.9 Å². The predicted octanol–water partition coefficient (Wildman–Crippen LogP) is 3.76. The van der Waals surface area contributed by atoms with Gasteiger partial charge in [-0.1, -0.05) is 6.92 Å². The number of pyridine rings is 2. The van der Waals surface area contributed by atoms with Crippen molar-refractivity contribution in [2.24, 2.45) is 0 Å². The van der Waals surface area contributed by atoms with Crippen LogP contribution in [0.25, 0.3) is 11.3 Å². The molecule has 0 N–H and O–H groups in total. The second kappa shape index (κ2) is 7.08. The smallest absolute Gasteiger partial charge is 0.363 e. The summed E-state index contributed by atoms with van der Waals surface area (Å²) in [6.45, 7) is 4.61. The lowest BCUT2D eigenvalue weighted by Crippen LogP contribution is -1.96. The van der Waals surface area contributed by atoms with E-state index in [2.05, 4.69) is 22.0 Å². The summed E-state index contributed by atoms with van der Waals surface area (Å²) in [5, 5.41) is 15.1. The Morgan fingerprint density at radius 3 is 2.88 bits per heavy atom. The van der Waals surface area contributed by atoms with Gasteiger partial charge in [-0.05, 0) is 28.5 Å². The molecule has 3 rings (SSSR count). The van der Waals surface area contributed by atoms with Crippen LogP contribution in [-0.2, 0) is 6.54 Å². The van der Waals surface area contributed by atoms with Crippen LogP contribution >= 0.6 is 0 Å². The highest BCUT2D eigenvalue weighted by Crippen LogP contribution is 2.28. The molecule has 0 bridgehead atoms. The summed E-state index contributed by atoms with van der Waals surface area (Å²) in [6, 6.07) is 6.38. The normalized spacial score (nSPS) is 10.6. The Hall–Kier alpha value is -3.29. The molecule has 0 saturated carbocycles. The summed E-state index contributed by atoms with van der Waals surface area (Å²) in [4.78, 5) is 18.5. The Morgan fingerprint density at radius 1 is 1.32 bits per heavy atom. The first-order valence-corrected chi connectivity index (χ1v) is 7.85. The van der Waals surface area contributed by atoms with E-state index in [1.807, 2.05) is 10.9 Å². The van der Waals surface area contributed by atoms with E-state index in [-0.39, 0.29) is 5.82 Å². The molecule has 0 aliphatic rings. The molecule has 3 heterocycles. The van der Waals surface area contributed by atoms with Crippen LogP contribution in [0.3, 0.4) is 0 Å². The molecule has 0 aromatic carbocycles. The summed E-state index contributed by atoms with van der Waals surface area (Å²) < 4.78 is 7.68. The van der Waals surface area contributed by atoms with Crippen molar-refractivity contribution in [2.45, 2.75) is 26.8 Å². The van der Waals surface area contributed by atoms with Crippen molar-refractivity contribution < 1.29 is 9.66 Å². The fourth-order valence-electron chi connectivity index (χ4n) is 2.35. The number of aryl methyl sites for hydroxylation is 2. The highest BCUT2D eigenvalue weighted by molar-refractivity contribution is 5.59. The Kier molecular flexibility index (Phi) is 4.69. The number of aromatic nitrogens is 4. The first kappa shape index (κ1) is 16.6. The summed E-state index contributed by atoms with van der Waals surface area (Å²) in [5.74, 6) is 0.833. The number of nitrogens with zero attached hydrogens (tertiary/aromatic N) is 5. The van der Waals surface area contributed by atoms with Crippen molar-refractivity contribution in [1.29, 1.82) is 0 Å². The molecule has 8 heteroatoms. The molecule has 3 aromatic rings. The third-order valence-electron chi connectivity index (χ3n) is 3.55. The minimum atomic E-state index is -0.532. The van der Waals surface area contributed by atoms with Crippen molar-refractivity contribution in [2.75, 3.05) is 0 Å². The number of nitro groups is 1. The quantitative estimate of drug-likeness (QED) is 0.501. The fourth-order valence-corrected chi connectivity index (χ4v) is 2.35. The molecule has 0 fully saturated rings. The second-order valence-electron chi connectivity index (χ2n) is 5.48. The molecule has 8 nitrogen and oxygen atoms in total. The van der Waals surface area contributed by atoms with Crippen LogP contribution in [0, 0.1) is 17.0 Å². The first-order valence-electron chi connectivity index (χ1n) is 7.85. The van der Waals surface area contributed by atoms with Crippen molar-refractivity contribution in [1.82, 2.24) is 19.7 Å². The molecule has 0 unspecified atom stereocenters. The van der Waals surface area contributed by atoms with Crippen LogP contribution in [0.5, 0.6) is 11.5 Å². The van der Waals surface area contributed by atoms with E-state index in [0.717, 1.165) is 24.2 Å². The third kappa shape index (κ3) is 3.79. The van der Waals surface area contributed by atoms with E-state index in [4.69, 9.17) is 4.74 Å². The minimum Gasteiger partial charge on any atom is -0.453 e. The predicted molar refractivity (Wildman–Crippen MR) is 91.5 cm³/mol. The van der Waals surface area contributed by atoms with Gasteiger partial charge in [0.05, 0.1) is 11.9 Å². The SMILES string of the molecule is CCCn1cc(-c2cc(Oc3ccc([N+](=O)[O-])nc3C)ccn2)cn1. The molecular formula is C17H17N5O3. The van der Waals surface area contributed by atoms with E-state index in [1.54, 1.807) is 37.5 Å². The van der Waals surface area contributed by atoms with Gasteiger partial charge in [0.1, 0.15) is 5.75 Å². The summed E-state index contributed by atoms with van der Waals surface area (Å²) >= 11 is 0. The van der Waals surface area contributed by atoms with Gasteiger partial charge in [0.25, 0.3) is 0 Å². The van der Waals surface area contributed by atoms with Crippen LogP contribution in [-0.4, -0.2) is 24.7 Å². The molecule has 3 aromatic heterocycles. The summed E-state index contributed by atoms with van der Waals surface area (Å²) in [5.41, 5.74) is 2.09. The second-order valence-corrected chi connectivity index (χ2v) is 5.48. The number of ether oxygens (including phenoxy) is 1. The van der Waals surface area contributed by atoms with Crippen LogP contribution in [0.15, 0.2) is 42.9 Å². The molecule has 0 aliphatic carbocycles. The van der Waals surface area contributed by atoms with Gasteiger partial charge in [-0.15, -0.1) is 0 Å².